The van der Waals surface area contributed by atoms with Crippen molar-refractivity contribution in [2.24, 2.45) is 11.3 Å². The Hall–Kier alpha value is -0.340. The highest BCUT2D eigenvalue weighted by Gasteiger charge is 2.58. The Morgan fingerprint density at radius 1 is 1.50 bits per heavy atom. The van der Waals surface area contributed by atoms with E-state index in [0.29, 0.717) is 17.9 Å². The second kappa shape index (κ2) is 2.83. The van der Waals surface area contributed by atoms with Crippen LogP contribution in [0.1, 0.15) is 34.1 Å². The predicted molar refractivity (Wildman–Crippen MR) is 56.0 cm³/mol. The van der Waals surface area contributed by atoms with Crippen LogP contribution in [-0.4, -0.2) is 23.4 Å². The van der Waals surface area contributed by atoms with E-state index in [1.165, 1.54) is 5.57 Å². The van der Waals surface area contributed by atoms with Gasteiger partial charge in [-0.05, 0) is 31.6 Å². The van der Waals surface area contributed by atoms with Crippen LogP contribution in [0.15, 0.2) is 11.6 Å². The summed E-state index contributed by atoms with van der Waals surface area (Å²) >= 11 is 0. The second-order valence-corrected chi connectivity index (χ2v) is 5.24. The summed E-state index contributed by atoms with van der Waals surface area (Å²) in [6.07, 6.45) is 2.66. The lowest BCUT2D eigenvalue weighted by Gasteiger charge is -2.33. The van der Waals surface area contributed by atoms with E-state index < -0.39 is 5.60 Å². The molecule has 2 rings (SSSR count). The van der Waals surface area contributed by atoms with Crippen molar-refractivity contribution in [1.29, 1.82) is 0 Å². The molecular formula is C12H20O2. The van der Waals surface area contributed by atoms with Gasteiger partial charge in [-0.25, -0.2) is 0 Å². The monoisotopic (exact) mass is 196 g/mol. The molecule has 0 aromatic carbocycles. The first-order chi connectivity index (χ1) is 6.42. The lowest BCUT2D eigenvalue weighted by Crippen LogP contribution is -2.42. The Balaban J connectivity index is 2.24. The molecule has 1 saturated carbocycles. The number of hydrogen-bond donors (Lipinski definition) is 1. The highest BCUT2D eigenvalue weighted by molar-refractivity contribution is 5.41. The van der Waals surface area contributed by atoms with Crippen molar-refractivity contribution in [1.82, 2.24) is 0 Å². The van der Waals surface area contributed by atoms with Gasteiger partial charge in [0.1, 0.15) is 5.60 Å². The summed E-state index contributed by atoms with van der Waals surface area (Å²) in [4.78, 5) is 0. The van der Waals surface area contributed by atoms with Gasteiger partial charge in [-0.15, -0.1) is 0 Å². The SMILES string of the molecule is CCOC1(C)C=C2C(CC1O)C2(C)C. The molecule has 2 aliphatic rings. The zero-order valence-electron chi connectivity index (χ0n) is 9.50. The Kier molecular flexibility index (Phi) is 2.06. The van der Waals surface area contributed by atoms with Gasteiger partial charge >= 0.3 is 0 Å². The van der Waals surface area contributed by atoms with Crippen LogP contribution in [0.4, 0.5) is 0 Å². The van der Waals surface area contributed by atoms with Gasteiger partial charge in [-0.2, -0.15) is 0 Å². The van der Waals surface area contributed by atoms with Gasteiger partial charge in [-0.3, -0.25) is 0 Å². The van der Waals surface area contributed by atoms with Gasteiger partial charge in [0, 0.05) is 6.61 Å². The van der Waals surface area contributed by atoms with E-state index in [1.54, 1.807) is 0 Å². The third kappa shape index (κ3) is 1.24. The van der Waals surface area contributed by atoms with Gasteiger partial charge in [0.15, 0.2) is 0 Å². The van der Waals surface area contributed by atoms with Crippen LogP contribution < -0.4 is 0 Å². The van der Waals surface area contributed by atoms with Crippen LogP contribution in [0.5, 0.6) is 0 Å². The van der Waals surface area contributed by atoms with Crippen LogP contribution in [0.2, 0.25) is 0 Å². The average molecular weight is 196 g/mol. The number of aliphatic hydroxyl groups excluding tert-OH is 1. The van der Waals surface area contributed by atoms with Gasteiger partial charge in [0.05, 0.1) is 6.10 Å². The Bertz CT molecular complexity index is 280. The molecule has 14 heavy (non-hydrogen) atoms. The highest BCUT2D eigenvalue weighted by atomic mass is 16.5. The highest BCUT2D eigenvalue weighted by Crippen LogP contribution is 2.63. The first-order valence-corrected chi connectivity index (χ1v) is 5.47. The maximum absolute atomic E-state index is 10.0. The molecule has 0 amide bonds. The lowest BCUT2D eigenvalue weighted by molar-refractivity contribution is -0.0841. The maximum Gasteiger partial charge on any atom is 0.109 e. The number of ether oxygens (including phenoxy) is 1. The Labute approximate surface area is 86.0 Å². The first-order valence-electron chi connectivity index (χ1n) is 5.47. The number of fused-ring (bicyclic) bond motifs is 1. The summed E-state index contributed by atoms with van der Waals surface area (Å²) < 4.78 is 5.65. The topological polar surface area (TPSA) is 29.5 Å². The average Bonchev–Trinajstić information content (AvgIpc) is 2.56. The molecule has 0 aliphatic heterocycles. The third-order valence-electron chi connectivity index (χ3n) is 3.93. The lowest BCUT2D eigenvalue weighted by atomic mass is 9.89. The van der Waals surface area contributed by atoms with Crippen molar-refractivity contribution < 1.29 is 9.84 Å². The normalized spacial score (nSPS) is 44.2. The van der Waals surface area contributed by atoms with E-state index in [1.807, 2.05) is 13.8 Å². The minimum atomic E-state index is -0.450. The summed E-state index contributed by atoms with van der Waals surface area (Å²) in [7, 11) is 0. The number of allylic oxidation sites excluding steroid dienone is 1. The minimum Gasteiger partial charge on any atom is -0.390 e. The van der Waals surface area contributed by atoms with Crippen molar-refractivity contribution in [3.63, 3.8) is 0 Å². The van der Waals surface area contributed by atoms with E-state index in [9.17, 15) is 5.11 Å². The fourth-order valence-corrected chi connectivity index (χ4v) is 2.69. The van der Waals surface area contributed by atoms with Crippen molar-refractivity contribution in [2.45, 2.75) is 45.8 Å². The molecule has 3 unspecified atom stereocenters. The maximum atomic E-state index is 10.0. The van der Waals surface area contributed by atoms with Gasteiger partial charge in [0.25, 0.3) is 0 Å². The molecule has 0 aromatic heterocycles. The van der Waals surface area contributed by atoms with Crippen LogP contribution in [0.3, 0.4) is 0 Å². The zero-order chi connectivity index (χ0) is 10.6. The third-order valence-corrected chi connectivity index (χ3v) is 3.93. The molecule has 0 radical (unpaired) electrons. The quantitative estimate of drug-likeness (QED) is 0.686. The molecule has 0 aromatic rings. The molecule has 2 heteroatoms. The molecule has 2 aliphatic carbocycles. The molecular weight excluding hydrogens is 176 g/mol. The summed E-state index contributed by atoms with van der Waals surface area (Å²) in [6.45, 7) is 9.10. The van der Waals surface area contributed by atoms with E-state index in [4.69, 9.17) is 4.74 Å². The van der Waals surface area contributed by atoms with Crippen molar-refractivity contribution >= 4 is 0 Å². The predicted octanol–water partition coefficient (Wildman–Crippen LogP) is 2.13. The van der Waals surface area contributed by atoms with E-state index in [-0.39, 0.29) is 6.10 Å². The molecule has 3 atom stereocenters. The molecule has 0 bridgehead atoms. The van der Waals surface area contributed by atoms with Crippen LogP contribution in [-0.2, 0) is 4.74 Å². The summed E-state index contributed by atoms with van der Waals surface area (Å²) in [5.41, 5.74) is 1.32. The second-order valence-electron chi connectivity index (χ2n) is 5.24. The van der Waals surface area contributed by atoms with E-state index >= 15 is 0 Å². The minimum absolute atomic E-state index is 0.301. The standard InChI is InChI=1S/C12H20O2/c1-5-14-12(4)7-9-8(6-10(12)13)11(9,2)3/h7-8,10,13H,5-6H2,1-4H3. The smallest absolute Gasteiger partial charge is 0.109 e. The van der Waals surface area contributed by atoms with Crippen molar-refractivity contribution in [3.8, 4) is 0 Å². The van der Waals surface area contributed by atoms with Gasteiger partial charge < -0.3 is 9.84 Å². The Morgan fingerprint density at radius 3 is 2.71 bits per heavy atom. The fourth-order valence-electron chi connectivity index (χ4n) is 2.69. The largest absolute Gasteiger partial charge is 0.390 e. The Morgan fingerprint density at radius 2 is 2.14 bits per heavy atom. The van der Waals surface area contributed by atoms with E-state index in [2.05, 4.69) is 19.9 Å². The van der Waals surface area contributed by atoms with Crippen molar-refractivity contribution in [3.05, 3.63) is 11.6 Å². The van der Waals surface area contributed by atoms with Crippen LogP contribution in [0.25, 0.3) is 0 Å². The number of hydrogen-bond acceptors (Lipinski definition) is 2. The van der Waals surface area contributed by atoms with Gasteiger partial charge in [0.2, 0.25) is 0 Å². The number of aliphatic hydroxyl groups is 1. The number of rotatable bonds is 2. The van der Waals surface area contributed by atoms with Crippen LogP contribution in [0, 0.1) is 11.3 Å². The molecule has 2 nitrogen and oxygen atoms in total. The summed E-state index contributed by atoms with van der Waals surface area (Å²) in [5.74, 6) is 0.589. The van der Waals surface area contributed by atoms with Gasteiger partial charge in [-0.1, -0.05) is 25.5 Å². The summed E-state index contributed by atoms with van der Waals surface area (Å²) in [5, 5.41) is 10.0. The molecule has 0 heterocycles. The molecule has 1 fully saturated rings. The first kappa shape index (κ1) is 10.2. The summed E-state index contributed by atoms with van der Waals surface area (Å²) in [6, 6.07) is 0. The molecule has 1 N–H and O–H groups in total. The molecule has 0 spiro atoms. The zero-order valence-corrected chi connectivity index (χ0v) is 9.50. The van der Waals surface area contributed by atoms with Crippen molar-refractivity contribution in [2.75, 3.05) is 6.61 Å². The van der Waals surface area contributed by atoms with E-state index in [0.717, 1.165) is 6.42 Å². The molecule has 80 valence electrons. The molecule has 0 saturated heterocycles. The fraction of sp³-hybridized carbons (Fsp3) is 0.833. The van der Waals surface area contributed by atoms with Crippen LogP contribution >= 0.6 is 0 Å².